The molecule has 0 spiro atoms. The number of aromatic nitrogens is 3. The zero-order valence-electron chi connectivity index (χ0n) is 10.8. The first-order chi connectivity index (χ1) is 8.43. The molecule has 0 aliphatic carbocycles. The normalized spacial score (nSPS) is 11.8. The van der Waals surface area contributed by atoms with Crippen molar-refractivity contribution in [3.63, 3.8) is 0 Å². The Morgan fingerprint density at radius 3 is 2.06 bits per heavy atom. The number of anilines is 2. The van der Waals surface area contributed by atoms with E-state index in [1.54, 1.807) is 9.80 Å². The van der Waals surface area contributed by atoms with Crippen molar-refractivity contribution in [2.75, 3.05) is 43.7 Å². The number of hydrogen-bond acceptors (Lipinski definition) is 7. The molecule has 0 amide bonds. The van der Waals surface area contributed by atoms with Gasteiger partial charge in [0.2, 0.25) is 11.9 Å². The first kappa shape index (κ1) is 14.8. The summed E-state index contributed by atoms with van der Waals surface area (Å²) in [4.78, 5) is 16.5. The smallest absolute Gasteiger partial charge is 0.230 e. The summed E-state index contributed by atoms with van der Waals surface area (Å²) in [5, 5.41) is 8.66. The van der Waals surface area contributed by atoms with Gasteiger partial charge in [0, 0.05) is 33.9 Å². The Bertz CT molecular complexity index is 418. The minimum absolute atomic E-state index is 0.446. The highest BCUT2D eigenvalue weighted by atomic mass is 35.5. The number of halogens is 1. The van der Waals surface area contributed by atoms with Crippen LogP contribution in [0.5, 0.6) is 0 Å². The van der Waals surface area contributed by atoms with Gasteiger partial charge >= 0.3 is 0 Å². The van der Waals surface area contributed by atoms with Crippen LogP contribution in [0.25, 0.3) is 0 Å². The molecule has 0 aliphatic rings. The Hall–Kier alpha value is -1.26. The van der Waals surface area contributed by atoms with Crippen molar-refractivity contribution in [3.05, 3.63) is 0 Å². The predicted octanol–water partition coefficient (Wildman–Crippen LogP) is 1.23. The van der Waals surface area contributed by atoms with Crippen LogP contribution in [0.3, 0.4) is 0 Å². The third-order valence-electron chi connectivity index (χ3n) is 1.89. The Labute approximate surface area is 116 Å². The summed E-state index contributed by atoms with van der Waals surface area (Å²) in [7, 11) is 7.46. The second-order valence-corrected chi connectivity index (χ2v) is 5.43. The van der Waals surface area contributed by atoms with Crippen LogP contribution in [0.2, 0.25) is 0 Å². The molecule has 8 heteroatoms. The molecule has 0 aliphatic heterocycles. The zero-order valence-corrected chi connectivity index (χ0v) is 12.3. The van der Waals surface area contributed by atoms with Gasteiger partial charge in [-0.15, -0.1) is 11.6 Å². The minimum atomic E-state index is -0.544. The molecule has 0 fully saturated rings. The van der Waals surface area contributed by atoms with Crippen molar-refractivity contribution in [2.45, 2.75) is 10.5 Å². The zero-order chi connectivity index (χ0) is 13.7. The van der Waals surface area contributed by atoms with Crippen molar-refractivity contribution in [1.29, 1.82) is 5.26 Å². The Balaban J connectivity index is 2.93. The summed E-state index contributed by atoms with van der Waals surface area (Å²) in [6, 6.07) is 1.96. The van der Waals surface area contributed by atoms with Gasteiger partial charge in [0.25, 0.3) is 0 Å². The maximum atomic E-state index is 8.63. The van der Waals surface area contributed by atoms with Gasteiger partial charge in [0.05, 0.1) is 6.07 Å². The highest BCUT2D eigenvalue weighted by Gasteiger charge is 2.11. The molecule has 6 nitrogen and oxygen atoms in total. The van der Waals surface area contributed by atoms with Crippen LogP contribution in [0.1, 0.15) is 0 Å². The average molecular weight is 287 g/mol. The Morgan fingerprint density at radius 1 is 1.17 bits per heavy atom. The highest BCUT2D eigenvalue weighted by molar-refractivity contribution is 7.99. The quantitative estimate of drug-likeness (QED) is 0.595. The van der Waals surface area contributed by atoms with Gasteiger partial charge in [-0.2, -0.15) is 20.2 Å². The second kappa shape index (κ2) is 6.61. The van der Waals surface area contributed by atoms with Crippen LogP contribution in [0.15, 0.2) is 5.16 Å². The van der Waals surface area contributed by atoms with Crippen LogP contribution in [0, 0.1) is 11.3 Å². The van der Waals surface area contributed by atoms with Gasteiger partial charge in [0.1, 0.15) is 5.38 Å². The van der Waals surface area contributed by atoms with E-state index >= 15 is 0 Å². The van der Waals surface area contributed by atoms with Crippen molar-refractivity contribution in [2.24, 2.45) is 0 Å². The monoisotopic (exact) mass is 286 g/mol. The number of alkyl halides is 1. The molecule has 1 aromatic heterocycles. The summed E-state index contributed by atoms with van der Waals surface area (Å²) in [6.45, 7) is 0. The fraction of sp³-hybridized carbons (Fsp3) is 0.600. The molecule has 0 saturated carbocycles. The molecular weight excluding hydrogens is 272 g/mol. The standard InChI is InChI=1S/C10H15ClN6S/c1-16(2)8-13-9(17(3)4)15-10(14-8)18-6-7(11)5-12/h7H,6H2,1-4H3. The number of hydrogen-bond donors (Lipinski definition) is 0. The van der Waals surface area contributed by atoms with Crippen LogP contribution >= 0.6 is 23.4 Å². The first-order valence-corrected chi connectivity index (χ1v) is 6.63. The van der Waals surface area contributed by atoms with Crippen molar-refractivity contribution < 1.29 is 0 Å². The van der Waals surface area contributed by atoms with Gasteiger partial charge in [0.15, 0.2) is 5.16 Å². The van der Waals surface area contributed by atoms with E-state index in [1.165, 1.54) is 11.8 Å². The van der Waals surface area contributed by atoms with E-state index < -0.39 is 5.38 Å². The molecule has 0 radical (unpaired) electrons. The lowest BCUT2D eigenvalue weighted by Gasteiger charge is -2.15. The third-order valence-corrected chi connectivity index (χ3v) is 3.27. The van der Waals surface area contributed by atoms with Crippen LogP contribution in [-0.4, -0.2) is 54.3 Å². The van der Waals surface area contributed by atoms with E-state index in [4.69, 9.17) is 16.9 Å². The summed E-state index contributed by atoms with van der Waals surface area (Å²) in [5.74, 6) is 1.61. The predicted molar refractivity (Wildman–Crippen MR) is 74.5 cm³/mol. The lowest BCUT2D eigenvalue weighted by Crippen LogP contribution is -2.19. The maximum Gasteiger partial charge on any atom is 0.230 e. The number of nitrogens with zero attached hydrogens (tertiary/aromatic N) is 6. The van der Waals surface area contributed by atoms with E-state index in [1.807, 2.05) is 34.3 Å². The molecule has 0 bridgehead atoms. The van der Waals surface area contributed by atoms with Crippen molar-refractivity contribution in [1.82, 2.24) is 15.0 Å². The fourth-order valence-corrected chi connectivity index (χ4v) is 1.84. The molecule has 1 atom stereocenters. The maximum absolute atomic E-state index is 8.63. The Kier molecular flexibility index (Phi) is 5.44. The summed E-state index contributed by atoms with van der Waals surface area (Å²) in [5.41, 5.74) is 0. The molecule has 1 aromatic rings. The number of nitriles is 1. The van der Waals surface area contributed by atoms with E-state index in [2.05, 4.69) is 15.0 Å². The van der Waals surface area contributed by atoms with E-state index in [0.717, 1.165) is 0 Å². The van der Waals surface area contributed by atoms with Gasteiger partial charge in [-0.3, -0.25) is 0 Å². The average Bonchev–Trinajstić information content (AvgIpc) is 2.35. The molecule has 0 aromatic carbocycles. The summed E-state index contributed by atoms with van der Waals surface area (Å²) >= 11 is 7.09. The van der Waals surface area contributed by atoms with E-state index in [9.17, 15) is 0 Å². The lowest BCUT2D eigenvalue weighted by molar-refractivity contribution is 0.839. The fourth-order valence-electron chi connectivity index (χ4n) is 0.985. The van der Waals surface area contributed by atoms with Crippen molar-refractivity contribution in [3.8, 4) is 6.07 Å². The third kappa shape index (κ3) is 4.20. The molecule has 1 unspecified atom stereocenters. The molecule has 1 rings (SSSR count). The molecular formula is C10H15ClN6S. The topological polar surface area (TPSA) is 68.9 Å². The van der Waals surface area contributed by atoms with Gasteiger partial charge in [-0.1, -0.05) is 11.8 Å². The van der Waals surface area contributed by atoms with Crippen molar-refractivity contribution >= 4 is 35.3 Å². The lowest BCUT2D eigenvalue weighted by atomic mass is 10.5. The molecule has 0 saturated heterocycles. The molecule has 0 N–H and O–H groups in total. The summed E-state index contributed by atoms with van der Waals surface area (Å²) in [6.07, 6.45) is 0. The van der Waals surface area contributed by atoms with Crippen LogP contribution in [0.4, 0.5) is 11.9 Å². The minimum Gasteiger partial charge on any atom is -0.347 e. The SMILES string of the molecule is CN(C)c1nc(SCC(Cl)C#N)nc(N(C)C)n1. The number of rotatable bonds is 5. The Morgan fingerprint density at radius 2 is 1.67 bits per heavy atom. The van der Waals surface area contributed by atoms with Gasteiger partial charge < -0.3 is 9.80 Å². The highest BCUT2D eigenvalue weighted by Crippen LogP contribution is 2.20. The molecule has 18 heavy (non-hydrogen) atoms. The molecule has 98 valence electrons. The van der Waals surface area contributed by atoms with Crippen LogP contribution in [-0.2, 0) is 0 Å². The molecule has 1 heterocycles. The van der Waals surface area contributed by atoms with Gasteiger partial charge in [-0.25, -0.2) is 0 Å². The van der Waals surface area contributed by atoms with E-state index in [-0.39, 0.29) is 0 Å². The summed E-state index contributed by atoms with van der Waals surface area (Å²) < 4.78 is 0. The van der Waals surface area contributed by atoms with Gasteiger partial charge in [-0.05, 0) is 0 Å². The largest absolute Gasteiger partial charge is 0.347 e. The van der Waals surface area contributed by atoms with E-state index in [0.29, 0.717) is 22.8 Å². The number of thioether (sulfide) groups is 1. The first-order valence-electron chi connectivity index (χ1n) is 5.21. The van der Waals surface area contributed by atoms with Crippen LogP contribution < -0.4 is 9.80 Å². The second-order valence-electron chi connectivity index (χ2n) is 3.91.